The monoisotopic (exact) mass is 264 g/mol. The number of nitrogens with one attached hydrogen (secondary N) is 2. The van der Waals surface area contributed by atoms with Crippen molar-refractivity contribution in [1.29, 1.82) is 0 Å². The van der Waals surface area contributed by atoms with Crippen molar-refractivity contribution in [2.24, 2.45) is 0 Å². The molecule has 0 aliphatic carbocycles. The Morgan fingerprint density at radius 2 is 1.53 bits per heavy atom. The van der Waals surface area contributed by atoms with Crippen LogP contribution in [0.2, 0.25) is 0 Å². The Morgan fingerprint density at radius 1 is 0.895 bits per heavy atom. The zero-order chi connectivity index (χ0) is 13.9. The summed E-state index contributed by atoms with van der Waals surface area (Å²) < 4.78 is 0. The Labute approximate surface area is 117 Å². The second-order valence-electron chi connectivity index (χ2n) is 5.00. The molecule has 0 bridgehead atoms. The fourth-order valence-electron chi connectivity index (χ4n) is 1.99. The molecule has 1 aromatic carbocycles. The highest BCUT2D eigenvalue weighted by Crippen LogP contribution is 2.26. The quantitative estimate of drug-likeness (QED) is 0.329. The number of hydrogen-bond donors (Lipinski definition) is 3. The van der Waals surface area contributed by atoms with Gasteiger partial charge in [-0.2, -0.15) is 0 Å². The average molecular weight is 264 g/mol. The molecule has 0 heterocycles. The molecule has 0 fully saturated rings. The second kappa shape index (κ2) is 9.54. The van der Waals surface area contributed by atoms with E-state index in [4.69, 9.17) is 0 Å². The predicted octanol–water partition coefficient (Wildman–Crippen LogP) is 4.60. The van der Waals surface area contributed by atoms with Gasteiger partial charge >= 0.3 is 0 Å². The Kier molecular flexibility index (Phi) is 7.87. The van der Waals surface area contributed by atoms with Gasteiger partial charge in [0.1, 0.15) is 5.75 Å². The molecule has 108 valence electrons. The summed E-state index contributed by atoms with van der Waals surface area (Å²) >= 11 is 0. The molecule has 0 radical (unpaired) electrons. The third kappa shape index (κ3) is 6.37. The van der Waals surface area contributed by atoms with Crippen molar-refractivity contribution in [3.8, 4) is 5.75 Å². The molecule has 3 nitrogen and oxygen atoms in total. The minimum absolute atomic E-state index is 0.329. The molecule has 0 unspecified atom stereocenters. The first-order valence-corrected chi connectivity index (χ1v) is 7.58. The summed E-state index contributed by atoms with van der Waals surface area (Å²) in [5.41, 5.74) is 1.91. The highest BCUT2D eigenvalue weighted by molar-refractivity contribution is 5.64. The SMILES string of the molecule is CCCCCNc1ccc(O)c(NCCCCC)c1. The van der Waals surface area contributed by atoms with Crippen LogP contribution in [0.15, 0.2) is 18.2 Å². The van der Waals surface area contributed by atoms with Crippen molar-refractivity contribution in [2.45, 2.75) is 52.4 Å². The summed E-state index contributed by atoms with van der Waals surface area (Å²) in [5, 5.41) is 16.5. The van der Waals surface area contributed by atoms with Crippen molar-refractivity contribution in [3.05, 3.63) is 18.2 Å². The van der Waals surface area contributed by atoms with Gasteiger partial charge in [-0.15, -0.1) is 0 Å². The van der Waals surface area contributed by atoms with E-state index in [2.05, 4.69) is 24.5 Å². The van der Waals surface area contributed by atoms with E-state index in [1.54, 1.807) is 6.07 Å². The molecule has 3 N–H and O–H groups in total. The molecule has 0 atom stereocenters. The van der Waals surface area contributed by atoms with E-state index in [0.29, 0.717) is 5.75 Å². The van der Waals surface area contributed by atoms with Crippen molar-refractivity contribution < 1.29 is 5.11 Å². The molecule has 0 aliphatic rings. The summed E-state index contributed by atoms with van der Waals surface area (Å²) in [6, 6.07) is 5.68. The van der Waals surface area contributed by atoms with E-state index in [1.165, 1.54) is 32.1 Å². The van der Waals surface area contributed by atoms with Gasteiger partial charge < -0.3 is 15.7 Å². The molecule has 0 spiro atoms. The highest BCUT2D eigenvalue weighted by atomic mass is 16.3. The van der Waals surface area contributed by atoms with E-state index in [9.17, 15) is 5.11 Å². The first-order chi connectivity index (χ1) is 9.27. The number of aromatic hydroxyl groups is 1. The van der Waals surface area contributed by atoms with Crippen molar-refractivity contribution >= 4 is 11.4 Å². The summed E-state index contributed by atoms with van der Waals surface area (Å²) in [6.07, 6.45) is 7.27. The van der Waals surface area contributed by atoms with Crippen molar-refractivity contribution in [2.75, 3.05) is 23.7 Å². The van der Waals surface area contributed by atoms with Gasteiger partial charge in [-0.05, 0) is 31.0 Å². The molecule has 0 aromatic heterocycles. The van der Waals surface area contributed by atoms with E-state index in [0.717, 1.165) is 30.9 Å². The van der Waals surface area contributed by atoms with E-state index in [-0.39, 0.29) is 0 Å². The highest BCUT2D eigenvalue weighted by Gasteiger charge is 2.02. The third-order valence-corrected chi connectivity index (χ3v) is 3.20. The van der Waals surface area contributed by atoms with Gasteiger partial charge in [0.05, 0.1) is 5.69 Å². The average Bonchev–Trinajstić information content (AvgIpc) is 2.42. The van der Waals surface area contributed by atoms with Crippen molar-refractivity contribution in [1.82, 2.24) is 0 Å². The topological polar surface area (TPSA) is 44.3 Å². The molecular weight excluding hydrogens is 236 g/mol. The smallest absolute Gasteiger partial charge is 0.138 e. The number of anilines is 2. The van der Waals surface area contributed by atoms with Gasteiger partial charge in [-0.1, -0.05) is 39.5 Å². The van der Waals surface area contributed by atoms with Crippen molar-refractivity contribution in [3.63, 3.8) is 0 Å². The number of benzene rings is 1. The van der Waals surface area contributed by atoms with Crippen LogP contribution in [0.5, 0.6) is 5.75 Å². The lowest BCUT2D eigenvalue weighted by Gasteiger charge is -2.11. The molecule has 0 saturated carbocycles. The number of unbranched alkanes of at least 4 members (excludes halogenated alkanes) is 4. The first kappa shape index (κ1) is 15.7. The molecule has 0 amide bonds. The molecule has 1 rings (SSSR count). The van der Waals surface area contributed by atoms with Crippen LogP contribution in [0.1, 0.15) is 52.4 Å². The Balaban J connectivity index is 2.42. The van der Waals surface area contributed by atoms with Crippen LogP contribution in [0.4, 0.5) is 11.4 Å². The lowest BCUT2D eigenvalue weighted by atomic mass is 10.2. The minimum atomic E-state index is 0.329. The maximum absolute atomic E-state index is 9.81. The van der Waals surface area contributed by atoms with Crippen LogP contribution < -0.4 is 10.6 Å². The Morgan fingerprint density at radius 3 is 2.16 bits per heavy atom. The lowest BCUT2D eigenvalue weighted by Crippen LogP contribution is -2.04. The van der Waals surface area contributed by atoms with E-state index in [1.807, 2.05) is 12.1 Å². The second-order valence-corrected chi connectivity index (χ2v) is 5.00. The summed E-state index contributed by atoms with van der Waals surface area (Å²) in [7, 11) is 0. The fraction of sp³-hybridized carbons (Fsp3) is 0.625. The standard InChI is InChI=1S/C16H28N2O/c1-3-5-7-11-17-14-9-10-16(19)15(13-14)18-12-8-6-4-2/h9-10,13,17-19H,3-8,11-12H2,1-2H3. The van der Waals surface area contributed by atoms with E-state index >= 15 is 0 Å². The van der Waals surface area contributed by atoms with Gasteiger partial charge in [0.15, 0.2) is 0 Å². The molecular formula is C16H28N2O. The van der Waals surface area contributed by atoms with Gasteiger partial charge in [-0.3, -0.25) is 0 Å². The maximum Gasteiger partial charge on any atom is 0.138 e. The van der Waals surface area contributed by atoms with Crippen LogP contribution in [-0.2, 0) is 0 Å². The lowest BCUT2D eigenvalue weighted by molar-refractivity contribution is 0.477. The van der Waals surface area contributed by atoms with Crippen LogP contribution >= 0.6 is 0 Å². The minimum Gasteiger partial charge on any atom is -0.506 e. The number of rotatable bonds is 10. The van der Waals surface area contributed by atoms with Crippen LogP contribution in [0, 0.1) is 0 Å². The van der Waals surface area contributed by atoms with Crippen LogP contribution in [0.3, 0.4) is 0 Å². The summed E-state index contributed by atoms with van der Waals surface area (Å²) in [6.45, 7) is 6.31. The summed E-state index contributed by atoms with van der Waals surface area (Å²) in [4.78, 5) is 0. The van der Waals surface area contributed by atoms with Gasteiger partial charge in [0.2, 0.25) is 0 Å². The zero-order valence-electron chi connectivity index (χ0n) is 12.3. The van der Waals surface area contributed by atoms with E-state index < -0.39 is 0 Å². The molecule has 1 aromatic rings. The normalized spacial score (nSPS) is 10.4. The fourth-order valence-corrected chi connectivity index (χ4v) is 1.99. The molecule has 0 saturated heterocycles. The molecule has 3 heteroatoms. The predicted molar refractivity (Wildman–Crippen MR) is 84.1 cm³/mol. The number of phenolic OH excluding ortho intramolecular Hbond substituents is 1. The Hall–Kier alpha value is -1.38. The molecule has 19 heavy (non-hydrogen) atoms. The van der Waals surface area contributed by atoms with Gasteiger partial charge in [0.25, 0.3) is 0 Å². The maximum atomic E-state index is 9.81. The Bertz CT molecular complexity index is 353. The number of phenols is 1. The summed E-state index contributed by atoms with van der Waals surface area (Å²) in [5.74, 6) is 0.329. The first-order valence-electron chi connectivity index (χ1n) is 7.58. The largest absolute Gasteiger partial charge is 0.506 e. The van der Waals surface area contributed by atoms with Gasteiger partial charge in [-0.25, -0.2) is 0 Å². The third-order valence-electron chi connectivity index (χ3n) is 3.20. The van der Waals surface area contributed by atoms with Gasteiger partial charge in [0, 0.05) is 18.8 Å². The number of hydrogen-bond acceptors (Lipinski definition) is 3. The van der Waals surface area contributed by atoms with Crippen LogP contribution in [0.25, 0.3) is 0 Å². The van der Waals surface area contributed by atoms with Crippen LogP contribution in [-0.4, -0.2) is 18.2 Å². The molecule has 0 aliphatic heterocycles. The zero-order valence-corrected chi connectivity index (χ0v) is 12.3.